The molecule has 0 radical (unpaired) electrons. The molecule has 25 heavy (non-hydrogen) atoms. The molecule has 1 heterocycles. The number of para-hydroxylation sites is 1. The van der Waals surface area contributed by atoms with Gasteiger partial charge >= 0.3 is 0 Å². The van der Waals surface area contributed by atoms with Crippen molar-refractivity contribution in [1.82, 2.24) is 9.97 Å². The number of benzene rings is 2. The Kier molecular flexibility index (Phi) is 5.26. The first-order chi connectivity index (χ1) is 12.1. The maximum atomic E-state index is 12.2. The number of carbonyl (C=O) groups excluding carboxylic acids is 1. The summed E-state index contributed by atoms with van der Waals surface area (Å²) in [4.78, 5) is 20.6. The lowest BCUT2D eigenvalue weighted by Crippen LogP contribution is -2.13. The van der Waals surface area contributed by atoms with Crippen LogP contribution in [-0.4, -0.2) is 15.9 Å². The van der Waals surface area contributed by atoms with Crippen LogP contribution in [0.5, 0.6) is 0 Å². The number of amides is 1. The predicted molar refractivity (Wildman–Crippen MR) is 99.9 cm³/mol. The number of rotatable bonds is 5. The van der Waals surface area contributed by atoms with Gasteiger partial charge in [0.2, 0.25) is 5.95 Å². The Morgan fingerprint density at radius 1 is 1.04 bits per heavy atom. The molecule has 0 atom stereocenters. The molecule has 5 nitrogen and oxygen atoms in total. The van der Waals surface area contributed by atoms with E-state index in [0.717, 1.165) is 5.56 Å². The van der Waals surface area contributed by atoms with Gasteiger partial charge in [-0.25, -0.2) is 9.97 Å². The fraction of sp³-hybridized carbons (Fsp3) is 0.105. The van der Waals surface area contributed by atoms with E-state index in [1.54, 1.807) is 24.3 Å². The lowest BCUT2D eigenvalue weighted by molar-refractivity contribution is 0.102. The molecule has 2 aromatic carbocycles. The Hall–Kier alpha value is -2.92. The van der Waals surface area contributed by atoms with Crippen LogP contribution in [0.1, 0.15) is 21.5 Å². The third kappa shape index (κ3) is 4.55. The Morgan fingerprint density at radius 3 is 2.40 bits per heavy atom. The molecule has 126 valence electrons. The van der Waals surface area contributed by atoms with Crippen LogP contribution in [0.15, 0.2) is 60.9 Å². The largest absolute Gasteiger partial charge is 0.350 e. The third-order valence-corrected chi connectivity index (χ3v) is 3.94. The Balaban J connectivity index is 1.60. The van der Waals surface area contributed by atoms with E-state index in [2.05, 4.69) is 32.7 Å². The summed E-state index contributed by atoms with van der Waals surface area (Å²) in [6.45, 7) is 2.66. The van der Waals surface area contributed by atoms with Gasteiger partial charge in [0.05, 0.1) is 16.3 Å². The molecule has 0 spiro atoms. The molecular formula is C19H17ClN4O. The molecule has 0 saturated heterocycles. The number of nitrogens with one attached hydrogen (secondary N) is 2. The van der Waals surface area contributed by atoms with Crippen LogP contribution < -0.4 is 10.6 Å². The van der Waals surface area contributed by atoms with E-state index in [0.29, 0.717) is 28.8 Å². The smallest absolute Gasteiger partial charge is 0.258 e. The summed E-state index contributed by atoms with van der Waals surface area (Å²) in [5, 5.41) is 6.35. The van der Waals surface area contributed by atoms with Gasteiger partial charge in [0.15, 0.2) is 0 Å². The number of anilines is 2. The molecule has 6 heteroatoms. The van der Waals surface area contributed by atoms with Gasteiger partial charge in [0.1, 0.15) is 0 Å². The van der Waals surface area contributed by atoms with Gasteiger partial charge < -0.3 is 10.6 Å². The molecule has 0 aliphatic carbocycles. The zero-order chi connectivity index (χ0) is 17.6. The molecule has 0 unspecified atom stereocenters. The molecule has 0 bridgehead atoms. The second-order valence-electron chi connectivity index (χ2n) is 5.57. The number of carbonyl (C=O) groups is 1. The van der Waals surface area contributed by atoms with Crippen molar-refractivity contribution in [1.29, 1.82) is 0 Å². The quantitative estimate of drug-likeness (QED) is 0.718. The fourth-order valence-electron chi connectivity index (χ4n) is 2.18. The van der Waals surface area contributed by atoms with Gasteiger partial charge in [-0.3, -0.25) is 4.79 Å². The average Bonchev–Trinajstić information content (AvgIpc) is 2.63. The summed E-state index contributed by atoms with van der Waals surface area (Å²) in [5.41, 5.74) is 3.26. The topological polar surface area (TPSA) is 66.9 Å². The molecule has 0 fully saturated rings. The highest BCUT2D eigenvalue weighted by molar-refractivity contribution is 6.33. The lowest BCUT2D eigenvalue weighted by Gasteiger charge is -2.08. The summed E-state index contributed by atoms with van der Waals surface area (Å²) in [6, 6.07) is 15.3. The van der Waals surface area contributed by atoms with Crippen LogP contribution in [0.3, 0.4) is 0 Å². The number of halogens is 1. The third-order valence-electron chi connectivity index (χ3n) is 3.61. The molecule has 2 N–H and O–H groups in total. The van der Waals surface area contributed by atoms with Crippen molar-refractivity contribution in [2.75, 3.05) is 10.6 Å². The van der Waals surface area contributed by atoms with E-state index in [1.807, 2.05) is 19.1 Å². The summed E-state index contributed by atoms with van der Waals surface area (Å²) < 4.78 is 0. The van der Waals surface area contributed by atoms with E-state index in [9.17, 15) is 4.79 Å². The number of hydrogen-bond acceptors (Lipinski definition) is 4. The zero-order valence-electron chi connectivity index (χ0n) is 13.7. The first-order valence-electron chi connectivity index (χ1n) is 7.79. The molecule has 1 aromatic heterocycles. The van der Waals surface area contributed by atoms with Crippen LogP contribution >= 0.6 is 11.6 Å². The van der Waals surface area contributed by atoms with Crippen LogP contribution in [0, 0.1) is 6.92 Å². The molecule has 3 rings (SSSR count). The van der Waals surface area contributed by atoms with Crippen LogP contribution in [0.4, 0.5) is 11.6 Å². The van der Waals surface area contributed by atoms with Gasteiger partial charge in [-0.1, -0.05) is 53.6 Å². The second-order valence-corrected chi connectivity index (χ2v) is 5.98. The minimum absolute atomic E-state index is 0.307. The predicted octanol–water partition coefficient (Wildman–Crippen LogP) is 4.30. The van der Waals surface area contributed by atoms with Crippen molar-refractivity contribution >= 4 is 29.1 Å². The van der Waals surface area contributed by atoms with E-state index < -0.39 is 0 Å². The van der Waals surface area contributed by atoms with Gasteiger partial charge in [-0.05, 0) is 24.6 Å². The highest BCUT2D eigenvalue weighted by Crippen LogP contribution is 2.21. The zero-order valence-corrected chi connectivity index (χ0v) is 14.4. The number of nitrogens with zero attached hydrogens (tertiary/aromatic N) is 2. The van der Waals surface area contributed by atoms with E-state index in [-0.39, 0.29) is 5.91 Å². The summed E-state index contributed by atoms with van der Waals surface area (Å²) in [5.74, 6) is 0.160. The Bertz CT molecular complexity index is 863. The van der Waals surface area contributed by atoms with Crippen molar-refractivity contribution < 1.29 is 4.79 Å². The second kappa shape index (κ2) is 7.77. The highest BCUT2D eigenvalue weighted by Gasteiger charge is 2.09. The minimum atomic E-state index is -0.307. The number of aryl methyl sites for hydroxylation is 1. The van der Waals surface area contributed by atoms with Gasteiger partial charge in [0.25, 0.3) is 5.91 Å². The van der Waals surface area contributed by atoms with Crippen molar-refractivity contribution in [2.24, 2.45) is 0 Å². The van der Waals surface area contributed by atoms with Crippen molar-refractivity contribution in [3.63, 3.8) is 0 Å². The summed E-state index contributed by atoms with van der Waals surface area (Å²) >= 11 is 6.03. The van der Waals surface area contributed by atoms with Crippen LogP contribution in [-0.2, 0) is 6.54 Å². The maximum Gasteiger partial charge on any atom is 0.258 e. The first kappa shape index (κ1) is 16.9. The fourth-order valence-corrected chi connectivity index (χ4v) is 2.36. The van der Waals surface area contributed by atoms with Crippen molar-refractivity contribution in [2.45, 2.75) is 13.5 Å². The van der Waals surface area contributed by atoms with Gasteiger partial charge in [-0.15, -0.1) is 0 Å². The Labute approximate surface area is 151 Å². The van der Waals surface area contributed by atoms with Gasteiger partial charge in [-0.2, -0.15) is 0 Å². The molecule has 3 aromatic rings. The Morgan fingerprint density at radius 2 is 1.72 bits per heavy atom. The normalized spacial score (nSPS) is 10.3. The average molecular weight is 353 g/mol. The minimum Gasteiger partial charge on any atom is -0.350 e. The van der Waals surface area contributed by atoms with Gasteiger partial charge in [0, 0.05) is 18.9 Å². The SMILES string of the molecule is Cc1ccc(CNc2ncc(C(=O)Nc3ccccc3Cl)cn2)cc1. The monoisotopic (exact) mass is 352 g/mol. The van der Waals surface area contributed by atoms with E-state index in [4.69, 9.17) is 11.6 Å². The van der Waals surface area contributed by atoms with E-state index in [1.165, 1.54) is 18.0 Å². The van der Waals surface area contributed by atoms with Crippen molar-refractivity contribution in [3.8, 4) is 0 Å². The summed E-state index contributed by atoms with van der Waals surface area (Å²) in [7, 11) is 0. The number of aromatic nitrogens is 2. The molecule has 0 aliphatic heterocycles. The van der Waals surface area contributed by atoms with Crippen LogP contribution in [0.2, 0.25) is 5.02 Å². The summed E-state index contributed by atoms with van der Waals surface area (Å²) in [6.07, 6.45) is 2.97. The highest BCUT2D eigenvalue weighted by atomic mass is 35.5. The molecule has 1 amide bonds. The molecule has 0 aliphatic rings. The molecular weight excluding hydrogens is 336 g/mol. The van der Waals surface area contributed by atoms with E-state index >= 15 is 0 Å². The first-order valence-corrected chi connectivity index (χ1v) is 8.17. The number of hydrogen-bond donors (Lipinski definition) is 2. The molecule has 0 saturated carbocycles. The standard InChI is InChI=1S/C19H17ClN4O/c1-13-6-8-14(9-7-13)10-21-19-22-11-15(12-23-19)18(25)24-17-5-3-2-4-16(17)20/h2-9,11-12H,10H2,1H3,(H,24,25)(H,21,22,23). The maximum absolute atomic E-state index is 12.2. The van der Waals surface area contributed by atoms with Crippen LogP contribution in [0.25, 0.3) is 0 Å². The lowest BCUT2D eigenvalue weighted by atomic mass is 10.1. The van der Waals surface area contributed by atoms with Crippen molar-refractivity contribution in [3.05, 3.63) is 82.6 Å².